The molecule has 4 rings (SSSR count). The number of nitrogens with one attached hydrogen (secondary N) is 1. The van der Waals surface area contributed by atoms with E-state index in [0.717, 1.165) is 5.56 Å². The van der Waals surface area contributed by atoms with E-state index in [4.69, 9.17) is 32.9 Å². The van der Waals surface area contributed by atoms with Crippen LogP contribution in [0.2, 0.25) is 10.0 Å². The summed E-state index contributed by atoms with van der Waals surface area (Å²) in [6.07, 6.45) is -8.10. The van der Waals surface area contributed by atoms with Crippen LogP contribution in [0.3, 0.4) is 0 Å². The maximum Gasteiger partial charge on any atom is 0.423 e. The summed E-state index contributed by atoms with van der Waals surface area (Å²) < 4.78 is 45.7. The molecule has 0 spiro atoms. The standard InChI is InChI=1S/C25H20BrCl2F3N2O3/c1-24(2)11-19(32-22(35)21(34)25(29,30)31)17-10-15(12-3-5-13(27)6-4-12)20(33-23(17)36-24)16-9-14(28)7-8-18(16)26/h3-10,19,21,34H,11H2,1-2H3,(H,32,35). The van der Waals surface area contributed by atoms with E-state index in [-0.39, 0.29) is 12.3 Å². The number of carbonyl (C=O) groups excluding carboxylic acids is 1. The quantitative estimate of drug-likeness (QED) is 0.333. The fourth-order valence-corrected chi connectivity index (χ4v) is 4.74. The number of ether oxygens (including phenoxy) is 1. The molecule has 1 aromatic heterocycles. The van der Waals surface area contributed by atoms with Gasteiger partial charge in [-0.05, 0) is 55.8 Å². The average molecular weight is 604 g/mol. The fraction of sp³-hybridized carbons (Fsp3) is 0.280. The van der Waals surface area contributed by atoms with E-state index in [9.17, 15) is 23.1 Å². The molecule has 36 heavy (non-hydrogen) atoms. The molecule has 2 N–H and O–H groups in total. The van der Waals surface area contributed by atoms with E-state index in [0.29, 0.717) is 36.9 Å². The third-order valence-electron chi connectivity index (χ3n) is 5.67. The highest BCUT2D eigenvalue weighted by atomic mass is 79.9. The molecule has 0 saturated carbocycles. The van der Waals surface area contributed by atoms with Crippen molar-refractivity contribution in [2.75, 3.05) is 0 Å². The minimum Gasteiger partial charge on any atom is -0.471 e. The lowest BCUT2D eigenvalue weighted by Crippen LogP contribution is -2.48. The molecule has 2 atom stereocenters. The van der Waals surface area contributed by atoms with Gasteiger partial charge in [-0.3, -0.25) is 4.79 Å². The van der Waals surface area contributed by atoms with Gasteiger partial charge in [0, 0.05) is 37.6 Å². The Morgan fingerprint density at radius 1 is 1.14 bits per heavy atom. The van der Waals surface area contributed by atoms with Crippen LogP contribution in [0.5, 0.6) is 5.88 Å². The Morgan fingerprint density at radius 2 is 1.78 bits per heavy atom. The van der Waals surface area contributed by atoms with Gasteiger partial charge in [0.2, 0.25) is 12.0 Å². The summed E-state index contributed by atoms with van der Waals surface area (Å²) in [7, 11) is 0. The van der Waals surface area contributed by atoms with Gasteiger partial charge in [-0.2, -0.15) is 13.2 Å². The Bertz CT molecular complexity index is 1320. The first kappa shape index (κ1) is 26.7. The third-order valence-corrected chi connectivity index (χ3v) is 6.85. The number of pyridine rings is 1. The number of hydrogen-bond donors (Lipinski definition) is 2. The number of amides is 1. The number of benzene rings is 2. The zero-order valence-electron chi connectivity index (χ0n) is 19.0. The van der Waals surface area contributed by atoms with Crippen molar-refractivity contribution in [1.29, 1.82) is 0 Å². The number of alkyl halides is 3. The molecule has 11 heteroatoms. The summed E-state index contributed by atoms with van der Waals surface area (Å²) >= 11 is 15.9. The Hall–Kier alpha value is -2.33. The van der Waals surface area contributed by atoms with Crippen molar-refractivity contribution in [3.8, 4) is 28.3 Å². The minimum atomic E-state index is -5.09. The number of rotatable bonds is 4. The molecular weight excluding hydrogens is 584 g/mol. The van der Waals surface area contributed by atoms with Crippen LogP contribution in [-0.4, -0.2) is 33.9 Å². The van der Waals surface area contributed by atoms with Gasteiger partial charge >= 0.3 is 6.18 Å². The summed E-state index contributed by atoms with van der Waals surface area (Å²) in [5, 5.41) is 12.8. The molecule has 1 aliphatic rings. The van der Waals surface area contributed by atoms with Gasteiger partial charge in [0.25, 0.3) is 5.91 Å². The van der Waals surface area contributed by atoms with Gasteiger partial charge in [-0.15, -0.1) is 0 Å². The zero-order valence-corrected chi connectivity index (χ0v) is 22.1. The Labute approximate surface area is 223 Å². The molecule has 2 unspecified atom stereocenters. The number of fused-ring (bicyclic) bond motifs is 1. The van der Waals surface area contributed by atoms with Gasteiger partial charge < -0.3 is 15.2 Å². The van der Waals surface area contributed by atoms with Gasteiger partial charge in [-0.25, -0.2) is 4.98 Å². The smallest absolute Gasteiger partial charge is 0.423 e. The predicted octanol–water partition coefficient (Wildman–Crippen LogP) is 7.13. The summed E-state index contributed by atoms with van der Waals surface area (Å²) in [6, 6.07) is 13.0. The van der Waals surface area contributed by atoms with E-state index >= 15 is 0 Å². The van der Waals surface area contributed by atoms with Crippen LogP contribution in [0.15, 0.2) is 53.0 Å². The predicted molar refractivity (Wildman–Crippen MR) is 135 cm³/mol. The number of carbonyl (C=O) groups is 1. The van der Waals surface area contributed by atoms with Crippen molar-refractivity contribution in [2.24, 2.45) is 0 Å². The summed E-state index contributed by atoms with van der Waals surface area (Å²) in [6.45, 7) is 3.47. The molecule has 0 fully saturated rings. The van der Waals surface area contributed by atoms with Crippen LogP contribution in [0.4, 0.5) is 13.2 Å². The lowest BCUT2D eigenvalue weighted by Gasteiger charge is -2.38. The molecule has 0 aliphatic carbocycles. The topological polar surface area (TPSA) is 71.5 Å². The van der Waals surface area contributed by atoms with E-state index in [2.05, 4.69) is 21.2 Å². The van der Waals surface area contributed by atoms with Crippen LogP contribution in [0.25, 0.3) is 22.4 Å². The van der Waals surface area contributed by atoms with Crippen LogP contribution >= 0.6 is 39.1 Å². The lowest BCUT2D eigenvalue weighted by molar-refractivity contribution is -0.205. The molecule has 0 saturated heterocycles. The molecule has 1 aliphatic heterocycles. The van der Waals surface area contributed by atoms with Gasteiger partial charge in [0.15, 0.2) is 0 Å². The number of halogens is 6. The molecule has 2 aromatic carbocycles. The highest BCUT2D eigenvalue weighted by Gasteiger charge is 2.45. The van der Waals surface area contributed by atoms with Gasteiger partial charge in [0.05, 0.1) is 11.7 Å². The van der Waals surface area contributed by atoms with Crippen LogP contribution in [0.1, 0.15) is 31.9 Å². The number of aliphatic hydroxyl groups is 1. The number of aromatic nitrogens is 1. The Morgan fingerprint density at radius 3 is 2.42 bits per heavy atom. The zero-order chi connectivity index (χ0) is 26.4. The van der Waals surface area contributed by atoms with Gasteiger partial charge in [-0.1, -0.05) is 51.3 Å². The van der Waals surface area contributed by atoms with E-state index in [1.54, 1.807) is 62.4 Å². The molecule has 2 heterocycles. The SMILES string of the molecule is CC1(C)CC(NC(=O)C(O)C(F)(F)F)c2cc(-c3ccc(Cl)cc3)c(-c3cc(Cl)ccc3Br)nc2O1. The number of hydrogen-bond acceptors (Lipinski definition) is 4. The van der Waals surface area contributed by atoms with Gasteiger partial charge in [0.1, 0.15) is 5.60 Å². The van der Waals surface area contributed by atoms with Crippen LogP contribution in [0, 0.1) is 0 Å². The van der Waals surface area contributed by atoms with Crippen LogP contribution in [-0.2, 0) is 4.79 Å². The monoisotopic (exact) mass is 602 g/mol. The van der Waals surface area contributed by atoms with Crippen LogP contribution < -0.4 is 10.1 Å². The molecular formula is C25H20BrCl2F3N2O3. The molecule has 0 radical (unpaired) electrons. The van der Waals surface area contributed by atoms with Crippen molar-refractivity contribution in [2.45, 2.75) is 44.2 Å². The molecule has 3 aromatic rings. The molecule has 1 amide bonds. The second kappa shape index (κ2) is 9.85. The van der Waals surface area contributed by atoms with Crippen molar-refractivity contribution >= 4 is 45.0 Å². The summed E-state index contributed by atoms with van der Waals surface area (Å²) in [5.74, 6) is -1.40. The second-order valence-electron chi connectivity index (χ2n) is 8.98. The minimum absolute atomic E-state index is 0.151. The van der Waals surface area contributed by atoms with Crippen molar-refractivity contribution in [1.82, 2.24) is 10.3 Å². The maximum absolute atomic E-state index is 13.0. The Kier molecular flexibility index (Phi) is 7.31. The highest BCUT2D eigenvalue weighted by molar-refractivity contribution is 9.10. The molecule has 190 valence electrons. The molecule has 5 nitrogen and oxygen atoms in total. The average Bonchev–Trinajstić information content (AvgIpc) is 2.78. The fourth-order valence-electron chi connectivity index (χ4n) is 4.01. The first-order valence-electron chi connectivity index (χ1n) is 10.8. The summed E-state index contributed by atoms with van der Waals surface area (Å²) in [5.41, 5.74) is 2.02. The van der Waals surface area contributed by atoms with E-state index < -0.39 is 29.8 Å². The highest BCUT2D eigenvalue weighted by Crippen LogP contribution is 2.45. The van der Waals surface area contributed by atoms with E-state index in [1.807, 2.05) is 0 Å². The largest absolute Gasteiger partial charge is 0.471 e. The first-order valence-corrected chi connectivity index (χ1v) is 12.3. The first-order chi connectivity index (χ1) is 16.7. The summed E-state index contributed by atoms with van der Waals surface area (Å²) in [4.78, 5) is 17.0. The molecule has 0 bridgehead atoms. The number of aliphatic hydroxyl groups excluding tert-OH is 1. The number of nitrogens with zero attached hydrogens (tertiary/aromatic N) is 1. The normalized spacial score (nSPS) is 17.6. The van der Waals surface area contributed by atoms with Crippen molar-refractivity contribution in [3.05, 3.63) is 68.6 Å². The second-order valence-corrected chi connectivity index (χ2v) is 10.7. The van der Waals surface area contributed by atoms with Crippen molar-refractivity contribution in [3.63, 3.8) is 0 Å². The Balaban J connectivity index is 1.90. The lowest BCUT2D eigenvalue weighted by atomic mass is 9.88. The maximum atomic E-state index is 13.0. The van der Waals surface area contributed by atoms with E-state index in [1.165, 1.54) is 0 Å². The van der Waals surface area contributed by atoms with Crippen molar-refractivity contribution < 1.29 is 27.8 Å². The third kappa shape index (κ3) is 5.64.